The molecule has 1 aromatic heterocycles. The minimum atomic E-state index is 0.496. The smallest absolute Gasteiger partial charge is 0.0931 e. The van der Waals surface area contributed by atoms with E-state index in [0.717, 1.165) is 24.0 Å². The van der Waals surface area contributed by atoms with Crippen LogP contribution >= 0.6 is 22.9 Å². The van der Waals surface area contributed by atoms with Gasteiger partial charge < -0.3 is 10.6 Å². The lowest BCUT2D eigenvalue weighted by molar-refractivity contribution is 0.511. The Labute approximate surface area is 94.7 Å². The van der Waals surface area contributed by atoms with Crippen LogP contribution in [0.4, 0.5) is 0 Å². The Bertz CT molecular complexity index is 262. The highest BCUT2D eigenvalue weighted by Gasteiger charge is 2.01. The van der Waals surface area contributed by atoms with E-state index in [1.807, 2.05) is 6.07 Å². The standard InChI is InChI=1S/C10H17ClN2S/c1-3-12-6-8(2)13-7-9-4-5-10(11)14-9/h4-5,8,12-13H,3,6-7H2,1-2H3. The zero-order valence-electron chi connectivity index (χ0n) is 8.64. The number of nitrogens with one attached hydrogen (secondary N) is 2. The SMILES string of the molecule is CCNCC(C)NCc1ccc(Cl)s1. The lowest BCUT2D eigenvalue weighted by Gasteiger charge is -2.12. The lowest BCUT2D eigenvalue weighted by atomic mass is 10.3. The number of halogens is 1. The molecule has 0 aliphatic carbocycles. The molecule has 1 heterocycles. The quantitative estimate of drug-likeness (QED) is 0.788. The Morgan fingerprint density at radius 1 is 1.50 bits per heavy atom. The summed E-state index contributed by atoms with van der Waals surface area (Å²) in [7, 11) is 0. The molecular formula is C10H17ClN2S. The molecule has 0 amide bonds. The molecule has 2 nitrogen and oxygen atoms in total. The molecule has 0 aromatic carbocycles. The van der Waals surface area contributed by atoms with E-state index in [9.17, 15) is 0 Å². The van der Waals surface area contributed by atoms with Gasteiger partial charge in [0.05, 0.1) is 4.34 Å². The van der Waals surface area contributed by atoms with Gasteiger partial charge in [0.1, 0.15) is 0 Å². The van der Waals surface area contributed by atoms with E-state index in [-0.39, 0.29) is 0 Å². The summed E-state index contributed by atoms with van der Waals surface area (Å²) in [6.45, 7) is 7.24. The summed E-state index contributed by atoms with van der Waals surface area (Å²) in [6.07, 6.45) is 0. The molecular weight excluding hydrogens is 216 g/mol. The van der Waals surface area contributed by atoms with E-state index >= 15 is 0 Å². The third kappa shape index (κ3) is 4.42. The van der Waals surface area contributed by atoms with Crippen LogP contribution in [0.5, 0.6) is 0 Å². The molecule has 1 aromatic rings. The van der Waals surface area contributed by atoms with Crippen LogP contribution in [-0.2, 0) is 6.54 Å². The van der Waals surface area contributed by atoms with Crippen molar-refractivity contribution < 1.29 is 0 Å². The van der Waals surface area contributed by atoms with E-state index in [1.165, 1.54) is 4.88 Å². The van der Waals surface area contributed by atoms with Gasteiger partial charge in [-0.3, -0.25) is 0 Å². The van der Waals surface area contributed by atoms with Crippen molar-refractivity contribution in [2.45, 2.75) is 26.4 Å². The molecule has 1 unspecified atom stereocenters. The van der Waals surface area contributed by atoms with Gasteiger partial charge in [-0.1, -0.05) is 18.5 Å². The Morgan fingerprint density at radius 3 is 2.86 bits per heavy atom. The predicted octanol–water partition coefficient (Wildman–Crippen LogP) is 2.49. The van der Waals surface area contributed by atoms with Gasteiger partial charge in [0.25, 0.3) is 0 Å². The maximum absolute atomic E-state index is 5.84. The predicted molar refractivity (Wildman–Crippen MR) is 64.2 cm³/mol. The molecule has 0 radical (unpaired) electrons. The van der Waals surface area contributed by atoms with Crippen molar-refractivity contribution >= 4 is 22.9 Å². The first-order valence-electron chi connectivity index (χ1n) is 4.90. The lowest BCUT2D eigenvalue weighted by Crippen LogP contribution is -2.35. The first-order valence-corrected chi connectivity index (χ1v) is 6.10. The topological polar surface area (TPSA) is 24.1 Å². The van der Waals surface area contributed by atoms with Crippen molar-refractivity contribution in [1.29, 1.82) is 0 Å². The second-order valence-electron chi connectivity index (χ2n) is 3.30. The maximum Gasteiger partial charge on any atom is 0.0931 e. The molecule has 14 heavy (non-hydrogen) atoms. The first kappa shape index (κ1) is 12.0. The molecule has 0 saturated heterocycles. The van der Waals surface area contributed by atoms with Crippen molar-refractivity contribution in [1.82, 2.24) is 10.6 Å². The fourth-order valence-corrected chi connectivity index (χ4v) is 2.19. The summed E-state index contributed by atoms with van der Waals surface area (Å²) in [5.41, 5.74) is 0. The largest absolute Gasteiger partial charge is 0.315 e. The van der Waals surface area contributed by atoms with Crippen molar-refractivity contribution in [2.24, 2.45) is 0 Å². The number of thiophene rings is 1. The third-order valence-corrected chi connectivity index (χ3v) is 3.19. The fraction of sp³-hybridized carbons (Fsp3) is 0.600. The molecule has 2 N–H and O–H groups in total. The van der Waals surface area contributed by atoms with Crippen LogP contribution in [0.2, 0.25) is 4.34 Å². The summed E-state index contributed by atoms with van der Waals surface area (Å²) in [5, 5.41) is 6.74. The highest BCUT2D eigenvalue weighted by Crippen LogP contribution is 2.20. The summed E-state index contributed by atoms with van der Waals surface area (Å²) >= 11 is 7.47. The van der Waals surface area contributed by atoms with E-state index in [2.05, 4.69) is 30.5 Å². The number of hydrogen-bond donors (Lipinski definition) is 2. The van der Waals surface area contributed by atoms with Crippen molar-refractivity contribution in [3.8, 4) is 0 Å². The zero-order valence-corrected chi connectivity index (χ0v) is 10.2. The molecule has 0 fully saturated rings. The van der Waals surface area contributed by atoms with Crippen LogP contribution in [0, 0.1) is 0 Å². The van der Waals surface area contributed by atoms with E-state index in [1.54, 1.807) is 11.3 Å². The Balaban J connectivity index is 2.20. The van der Waals surface area contributed by atoms with Gasteiger partial charge in [-0.25, -0.2) is 0 Å². The van der Waals surface area contributed by atoms with Crippen LogP contribution in [0.3, 0.4) is 0 Å². The Kier molecular flexibility index (Phi) is 5.48. The fourth-order valence-electron chi connectivity index (χ4n) is 1.15. The monoisotopic (exact) mass is 232 g/mol. The highest BCUT2D eigenvalue weighted by molar-refractivity contribution is 7.16. The van der Waals surface area contributed by atoms with Crippen LogP contribution in [-0.4, -0.2) is 19.1 Å². The molecule has 0 aliphatic rings. The first-order chi connectivity index (χ1) is 6.72. The Hall–Kier alpha value is -0.0900. The van der Waals surface area contributed by atoms with Gasteiger partial charge >= 0.3 is 0 Å². The van der Waals surface area contributed by atoms with Gasteiger partial charge in [-0.2, -0.15) is 0 Å². The molecule has 0 saturated carbocycles. The zero-order chi connectivity index (χ0) is 10.4. The molecule has 0 aliphatic heterocycles. The van der Waals surface area contributed by atoms with Crippen molar-refractivity contribution in [3.63, 3.8) is 0 Å². The van der Waals surface area contributed by atoms with Crippen LogP contribution in [0.15, 0.2) is 12.1 Å². The summed E-state index contributed by atoms with van der Waals surface area (Å²) < 4.78 is 0.862. The second kappa shape index (κ2) is 6.40. The second-order valence-corrected chi connectivity index (χ2v) is 5.10. The number of hydrogen-bond acceptors (Lipinski definition) is 3. The van der Waals surface area contributed by atoms with Gasteiger partial charge in [-0.05, 0) is 25.6 Å². The van der Waals surface area contributed by atoms with Gasteiger partial charge in [0.15, 0.2) is 0 Å². The average molecular weight is 233 g/mol. The van der Waals surface area contributed by atoms with Crippen molar-refractivity contribution in [2.75, 3.05) is 13.1 Å². The van der Waals surface area contributed by atoms with E-state index < -0.39 is 0 Å². The summed E-state index contributed by atoms with van der Waals surface area (Å²) in [6, 6.07) is 4.51. The molecule has 0 bridgehead atoms. The van der Waals surface area contributed by atoms with Gasteiger partial charge in [0.2, 0.25) is 0 Å². The summed E-state index contributed by atoms with van der Waals surface area (Å²) in [4.78, 5) is 1.29. The Morgan fingerprint density at radius 2 is 2.29 bits per heavy atom. The highest BCUT2D eigenvalue weighted by atomic mass is 35.5. The van der Waals surface area contributed by atoms with Gasteiger partial charge in [-0.15, -0.1) is 11.3 Å². The van der Waals surface area contributed by atoms with Crippen LogP contribution < -0.4 is 10.6 Å². The average Bonchev–Trinajstić information content (AvgIpc) is 2.58. The van der Waals surface area contributed by atoms with E-state index in [0.29, 0.717) is 6.04 Å². The number of rotatable bonds is 6. The van der Waals surface area contributed by atoms with E-state index in [4.69, 9.17) is 11.6 Å². The molecule has 1 rings (SSSR count). The van der Waals surface area contributed by atoms with Gasteiger partial charge in [0, 0.05) is 24.0 Å². The minimum Gasteiger partial charge on any atom is -0.315 e. The van der Waals surface area contributed by atoms with Crippen molar-refractivity contribution in [3.05, 3.63) is 21.3 Å². The summed E-state index contributed by atoms with van der Waals surface area (Å²) in [5.74, 6) is 0. The number of likely N-dealkylation sites (N-methyl/N-ethyl adjacent to an activating group) is 1. The molecule has 0 spiro atoms. The van der Waals surface area contributed by atoms with Crippen LogP contribution in [0.25, 0.3) is 0 Å². The minimum absolute atomic E-state index is 0.496. The van der Waals surface area contributed by atoms with Crippen LogP contribution in [0.1, 0.15) is 18.7 Å². The molecule has 4 heteroatoms. The third-order valence-electron chi connectivity index (χ3n) is 1.95. The normalized spacial score (nSPS) is 13.1. The molecule has 80 valence electrons. The maximum atomic E-state index is 5.84. The molecule has 1 atom stereocenters.